The number of nitrogens with one attached hydrogen (secondary N) is 1. The summed E-state index contributed by atoms with van der Waals surface area (Å²) in [5.41, 5.74) is 8.64. The van der Waals surface area contributed by atoms with Gasteiger partial charge in [0.1, 0.15) is 11.8 Å². The van der Waals surface area contributed by atoms with Gasteiger partial charge >= 0.3 is 0 Å². The molecule has 1 aliphatic heterocycles. The maximum Gasteiger partial charge on any atom is 0.245 e. The van der Waals surface area contributed by atoms with E-state index in [9.17, 15) is 4.79 Å². The topological polar surface area (TPSA) is 64.4 Å². The van der Waals surface area contributed by atoms with Crippen molar-refractivity contribution in [2.24, 2.45) is 5.73 Å². The van der Waals surface area contributed by atoms with E-state index in [1.165, 1.54) is 0 Å². The number of carbonyl (C=O) groups excluding carboxylic acids is 1. The summed E-state index contributed by atoms with van der Waals surface area (Å²) >= 11 is 0. The Morgan fingerprint density at radius 1 is 1.20 bits per heavy atom. The van der Waals surface area contributed by atoms with Crippen LogP contribution in [0, 0.1) is 0 Å². The molecule has 0 bridgehead atoms. The van der Waals surface area contributed by atoms with Crippen LogP contribution < -0.4 is 15.8 Å². The van der Waals surface area contributed by atoms with E-state index in [-0.39, 0.29) is 5.91 Å². The van der Waals surface area contributed by atoms with Gasteiger partial charge in [0.05, 0.1) is 6.61 Å². The van der Waals surface area contributed by atoms with E-state index in [4.69, 9.17) is 10.5 Å². The lowest BCUT2D eigenvalue weighted by molar-refractivity contribution is -0.117. The maximum absolute atomic E-state index is 12.1. The summed E-state index contributed by atoms with van der Waals surface area (Å²) in [5, 5.41) is 2.85. The molecule has 102 valence electrons. The van der Waals surface area contributed by atoms with Crippen molar-refractivity contribution in [3.8, 4) is 5.75 Å². The quantitative estimate of drug-likeness (QED) is 0.897. The van der Waals surface area contributed by atoms with Crippen LogP contribution in [-0.4, -0.2) is 12.5 Å². The molecule has 1 unspecified atom stereocenters. The molecule has 2 aromatic carbocycles. The molecule has 3 N–H and O–H groups in total. The normalized spacial score (nSPS) is 14.2. The number of hydrogen-bond acceptors (Lipinski definition) is 3. The molecule has 0 fully saturated rings. The number of carbonyl (C=O) groups is 1. The first kappa shape index (κ1) is 12.7. The van der Waals surface area contributed by atoms with Crippen LogP contribution >= 0.6 is 0 Å². The molecule has 20 heavy (non-hydrogen) atoms. The van der Waals surface area contributed by atoms with E-state index in [2.05, 4.69) is 5.32 Å². The fourth-order valence-corrected chi connectivity index (χ4v) is 2.30. The minimum Gasteiger partial charge on any atom is -0.493 e. The van der Waals surface area contributed by atoms with Crippen LogP contribution in [-0.2, 0) is 11.2 Å². The van der Waals surface area contributed by atoms with Gasteiger partial charge in [0.2, 0.25) is 5.91 Å². The highest BCUT2D eigenvalue weighted by Crippen LogP contribution is 2.28. The molecule has 0 aromatic heterocycles. The summed E-state index contributed by atoms with van der Waals surface area (Å²) in [4.78, 5) is 12.1. The van der Waals surface area contributed by atoms with Crippen LogP contribution in [0.1, 0.15) is 17.2 Å². The molecule has 0 aliphatic carbocycles. The second-order valence-corrected chi connectivity index (χ2v) is 4.80. The van der Waals surface area contributed by atoms with E-state index in [0.29, 0.717) is 6.61 Å². The Hall–Kier alpha value is -2.33. The van der Waals surface area contributed by atoms with Crippen molar-refractivity contribution in [2.75, 3.05) is 11.9 Å². The van der Waals surface area contributed by atoms with Gasteiger partial charge in [-0.15, -0.1) is 0 Å². The van der Waals surface area contributed by atoms with Gasteiger partial charge < -0.3 is 15.8 Å². The number of anilines is 1. The number of amides is 1. The molecule has 0 radical (unpaired) electrons. The molecule has 4 heteroatoms. The molecule has 1 heterocycles. The third-order valence-corrected chi connectivity index (χ3v) is 3.40. The highest BCUT2D eigenvalue weighted by Gasteiger charge is 2.17. The molecule has 1 atom stereocenters. The predicted octanol–water partition coefficient (Wildman–Crippen LogP) is 2.26. The molecule has 3 rings (SSSR count). The number of ether oxygens (including phenoxy) is 1. The van der Waals surface area contributed by atoms with Gasteiger partial charge in [0.15, 0.2) is 0 Å². The standard InChI is InChI=1S/C16H16N2O2/c17-15(11-4-2-1-3-5-11)16(19)18-13-6-7-14-12(10-13)8-9-20-14/h1-7,10,15H,8-9,17H2,(H,18,19). The molecule has 0 saturated heterocycles. The van der Waals surface area contributed by atoms with Crippen molar-refractivity contribution in [3.05, 3.63) is 59.7 Å². The highest BCUT2D eigenvalue weighted by atomic mass is 16.5. The average molecular weight is 268 g/mol. The lowest BCUT2D eigenvalue weighted by atomic mass is 10.1. The summed E-state index contributed by atoms with van der Waals surface area (Å²) in [7, 11) is 0. The highest BCUT2D eigenvalue weighted by molar-refractivity contribution is 5.95. The van der Waals surface area contributed by atoms with Crippen LogP contribution in [0.4, 0.5) is 5.69 Å². The Kier molecular flexibility index (Phi) is 3.39. The minimum absolute atomic E-state index is 0.213. The van der Waals surface area contributed by atoms with Crippen LogP contribution in [0.2, 0.25) is 0 Å². The Morgan fingerprint density at radius 2 is 2.00 bits per heavy atom. The molecular weight excluding hydrogens is 252 g/mol. The van der Waals surface area contributed by atoms with Gasteiger partial charge in [-0.1, -0.05) is 30.3 Å². The molecule has 2 aromatic rings. The lowest BCUT2D eigenvalue weighted by Gasteiger charge is -2.13. The van der Waals surface area contributed by atoms with Crippen LogP contribution in [0.5, 0.6) is 5.75 Å². The zero-order valence-corrected chi connectivity index (χ0v) is 11.0. The first-order valence-electron chi connectivity index (χ1n) is 6.61. The van der Waals surface area contributed by atoms with E-state index in [1.54, 1.807) is 0 Å². The monoisotopic (exact) mass is 268 g/mol. The van der Waals surface area contributed by atoms with Crippen LogP contribution in [0.15, 0.2) is 48.5 Å². The summed E-state index contributed by atoms with van der Waals surface area (Å²) in [6, 6.07) is 14.3. The number of rotatable bonds is 3. The number of fused-ring (bicyclic) bond motifs is 1. The van der Waals surface area contributed by atoms with Gasteiger partial charge in [-0.05, 0) is 29.3 Å². The third kappa shape index (κ3) is 2.51. The Labute approximate surface area is 117 Å². The average Bonchev–Trinajstić information content (AvgIpc) is 2.95. The van der Waals surface area contributed by atoms with E-state index < -0.39 is 6.04 Å². The number of nitrogens with two attached hydrogens (primary N) is 1. The molecule has 0 saturated carbocycles. The lowest BCUT2D eigenvalue weighted by Crippen LogP contribution is -2.27. The van der Waals surface area contributed by atoms with Crippen molar-refractivity contribution in [2.45, 2.75) is 12.5 Å². The third-order valence-electron chi connectivity index (χ3n) is 3.40. The van der Waals surface area contributed by atoms with Crippen molar-refractivity contribution in [3.63, 3.8) is 0 Å². The molecular formula is C16H16N2O2. The smallest absolute Gasteiger partial charge is 0.245 e. The Bertz CT molecular complexity index is 626. The largest absolute Gasteiger partial charge is 0.493 e. The van der Waals surface area contributed by atoms with Crippen molar-refractivity contribution < 1.29 is 9.53 Å². The molecule has 4 nitrogen and oxygen atoms in total. The SMILES string of the molecule is NC(C(=O)Nc1ccc2c(c1)CCO2)c1ccccc1. The van der Waals surface area contributed by atoms with Gasteiger partial charge in [0, 0.05) is 12.1 Å². The molecule has 0 spiro atoms. The zero-order valence-electron chi connectivity index (χ0n) is 11.0. The van der Waals surface area contributed by atoms with E-state index in [0.717, 1.165) is 29.0 Å². The van der Waals surface area contributed by atoms with Crippen molar-refractivity contribution in [1.82, 2.24) is 0 Å². The van der Waals surface area contributed by atoms with Gasteiger partial charge in [-0.2, -0.15) is 0 Å². The maximum atomic E-state index is 12.1. The number of hydrogen-bond donors (Lipinski definition) is 2. The minimum atomic E-state index is -0.666. The Morgan fingerprint density at radius 3 is 2.80 bits per heavy atom. The summed E-state index contributed by atoms with van der Waals surface area (Å²) in [6.07, 6.45) is 0.879. The van der Waals surface area contributed by atoms with Crippen molar-refractivity contribution >= 4 is 11.6 Å². The summed E-state index contributed by atoms with van der Waals surface area (Å²) in [6.45, 7) is 0.705. The fraction of sp³-hybridized carbons (Fsp3) is 0.188. The van der Waals surface area contributed by atoms with E-state index >= 15 is 0 Å². The van der Waals surface area contributed by atoms with E-state index in [1.807, 2.05) is 48.5 Å². The van der Waals surface area contributed by atoms with Crippen LogP contribution in [0.3, 0.4) is 0 Å². The zero-order chi connectivity index (χ0) is 13.9. The second-order valence-electron chi connectivity index (χ2n) is 4.80. The van der Waals surface area contributed by atoms with Gasteiger partial charge in [-0.25, -0.2) is 0 Å². The molecule has 1 aliphatic rings. The second kappa shape index (κ2) is 5.35. The summed E-state index contributed by atoms with van der Waals surface area (Å²) < 4.78 is 5.44. The number of benzene rings is 2. The fourth-order valence-electron chi connectivity index (χ4n) is 2.30. The van der Waals surface area contributed by atoms with Crippen molar-refractivity contribution in [1.29, 1.82) is 0 Å². The predicted molar refractivity (Wildman–Crippen MR) is 77.6 cm³/mol. The van der Waals surface area contributed by atoms with Gasteiger partial charge in [-0.3, -0.25) is 4.79 Å². The first-order valence-corrected chi connectivity index (χ1v) is 6.61. The Balaban J connectivity index is 1.73. The molecule has 1 amide bonds. The summed E-state index contributed by atoms with van der Waals surface area (Å²) in [5.74, 6) is 0.686. The first-order chi connectivity index (χ1) is 9.74. The van der Waals surface area contributed by atoms with Crippen LogP contribution in [0.25, 0.3) is 0 Å². The van der Waals surface area contributed by atoms with Gasteiger partial charge in [0.25, 0.3) is 0 Å².